The first kappa shape index (κ1) is 68.4. The van der Waals surface area contributed by atoms with E-state index in [1.54, 1.807) is 37.1 Å². The minimum atomic E-state index is -1.02. The zero-order valence-electron chi connectivity index (χ0n) is 49.4. The number of carboxylic acid groups (broad SMARTS) is 1. The van der Waals surface area contributed by atoms with Crippen molar-refractivity contribution in [3.8, 4) is 22.3 Å². The van der Waals surface area contributed by atoms with Crippen LogP contribution in [0.5, 0.6) is 0 Å². The molecule has 2 aromatic carbocycles. The molecule has 2 saturated heterocycles. The van der Waals surface area contributed by atoms with Gasteiger partial charge < -0.3 is 26.0 Å². The van der Waals surface area contributed by atoms with Gasteiger partial charge in [0.25, 0.3) is 0 Å². The molecule has 2 aliphatic heterocycles. The second kappa shape index (κ2) is 28.1. The van der Waals surface area contributed by atoms with E-state index in [0.29, 0.717) is 84.3 Å². The molecule has 92 heavy (non-hydrogen) atoms. The molecule has 3 aliphatic carbocycles. The maximum atomic E-state index is 13.8. The first-order valence-electron chi connectivity index (χ1n) is 28.6. The third-order valence-corrected chi connectivity index (χ3v) is 17.9. The van der Waals surface area contributed by atoms with Crippen molar-refractivity contribution >= 4 is 160 Å². The van der Waals surface area contributed by atoms with E-state index in [2.05, 4.69) is 115 Å². The fourth-order valence-electron chi connectivity index (χ4n) is 11.6. The predicted octanol–water partition coefficient (Wildman–Crippen LogP) is 9.06. The number of halogens is 3. The third-order valence-electron chi connectivity index (χ3n) is 16.4. The lowest BCUT2D eigenvalue weighted by atomic mass is 10.0. The van der Waals surface area contributed by atoms with Crippen molar-refractivity contribution in [3.05, 3.63) is 129 Å². The Kier molecular flexibility index (Phi) is 20.9. The lowest BCUT2D eigenvalue weighted by Crippen LogP contribution is -2.46. The van der Waals surface area contributed by atoms with E-state index in [4.69, 9.17) is 10.2 Å². The summed E-state index contributed by atoms with van der Waals surface area (Å²) in [5.74, 6) is 0.422. The number of aliphatic carboxylic acids is 1. The van der Waals surface area contributed by atoms with Gasteiger partial charge in [0.2, 0.25) is 17.7 Å². The second-order valence-electron chi connectivity index (χ2n) is 22.8. The van der Waals surface area contributed by atoms with E-state index in [9.17, 15) is 28.8 Å². The smallest absolute Gasteiger partial charge is 0.325 e. The van der Waals surface area contributed by atoms with Crippen LogP contribution in [0.4, 0.5) is 11.6 Å². The lowest BCUT2D eigenvalue weighted by Gasteiger charge is -2.26. The van der Waals surface area contributed by atoms with Crippen LogP contribution >= 0.6 is 57.8 Å². The Labute approximate surface area is 566 Å². The number of amides is 3. The molecule has 31 heteroatoms. The minimum Gasteiger partial charge on any atom is -0.480 e. The first-order chi connectivity index (χ1) is 42.8. The standard InChI is InChI=1S/C31H28BrN9O3.C18H15N5O3.C11H13BrN4O.CH4.ClH.S2.H2S/c1-15-30(32)35-26(12-33-15)36-31(44)25-9-19-8-24(19)41(25)28(43)14-39-23-6-5-18(7-21(23)29(38-39)16(2)42)20-11-34-27-10-22(17-3-4-17)37-40(27)13-20;1-10-5-16-19-7-13(8-23(16)20-10)12-3-4-15-14(6-12)18(11(2)24)21-22(15)9-17(25)26;1-5-10(12)15-9(4-13-5)16-11(17)8-3-6-2-7(6)14-8;;;1-2;/h5-7,10-13,17,19,24-25H,3-4,8-9,14H2,1-2H3,(H,35,36,44);3-8H,9H2,1-2H3,(H,25,26);4,6-8,14H,2-3H2,1H3,(H,15,16,17);1H4;1H;;1H2/t19-,24-,25+;;6-,7-,8+;;;;/m1.1..../s1. The van der Waals surface area contributed by atoms with Crippen molar-refractivity contribution in [2.24, 2.45) is 11.8 Å². The van der Waals surface area contributed by atoms with E-state index in [-0.39, 0.29) is 93.5 Å². The van der Waals surface area contributed by atoms with E-state index in [0.717, 1.165) is 63.5 Å². The van der Waals surface area contributed by atoms with Gasteiger partial charge in [-0.2, -0.15) is 33.9 Å². The highest BCUT2D eigenvalue weighted by atomic mass is 79.9. The Hall–Kier alpha value is -8.00. The molecule has 5 aliphatic rings. The van der Waals surface area contributed by atoms with Crippen molar-refractivity contribution in [1.29, 1.82) is 0 Å². The van der Waals surface area contributed by atoms with Gasteiger partial charge in [0, 0.05) is 113 Å². The molecular weight excluding hydrogens is 1390 g/mol. The Morgan fingerprint density at radius 1 is 0.641 bits per heavy atom. The number of anilines is 2. The van der Waals surface area contributed by atoms with Crippen molar-refractivity contribution < 1.29 is 33.9 Å². The summed E-state index contributed by atoms with van der Waals surface area (Å²) in [6.07, 6.45) is 16.4. The zero-order chi connectivity index (χ0) is 62.7. The summed E-state index contributed by atoms with van der Waals surface area (Å²) < 4.78 is 7.62. The number of rotatable bonds is 13. The van der Waals surface area contributed by atoms with Crippen molar-refractivity contribution in [3.63, 3.8) is 0 Å². The van der Waals surface area contributed by atoms with Gasteiger partial charge in [0.15, 0.2) is 34.5 Å². The summed E-state index contributed by atoms with van der Waals surface area (Å²) >= 11 is 14.0. The maximum absolute atomic E-state index is 13.8. The molecule has 478 valence electrons. The van der Waals surface area contributed by atoms with Gasteiger partial charge in [-0.25, -0.2) is 29.0 Å². The number of fused-ring (bicyclic) bond motifs is 6. The molecule has 0 radical (unpaired) electrons. The molecule has 0 unspecified atom stereocenters. The number of carboxylic acids is 1. The average molecular weight is 1450 g/mol. The number of aryl methyl sites for hydroxylation is 3. The van der Waals surface area contributed by atoms with E-state index >= 15 is 0 Å². The number of hydrogen-bond acceptors (Lipinski definition) is 19. The van der Waals surface area contributed by atoms with E-state index < -0.39 is 12.0 Å². The van der Waals surface area contributed by atoms with E-state index in [1.165, 1.54) is 44.0 Å². The van der Waals surface area contributed by atoms with Gasteiger partial charge >= 0.3 is 5.97 Å². The van der Waals surface area contributed by atoms with Gasteiger partial charge in [0.1, 0.15) is 39.7 Å². The number of Topliss-reactive ketones (excluding diaryl/α,β-unsaturated/α-hetero) is 2. The summed E-state index contributed by atoms with van der Waals surface area (Å²) in [5.41, 5.74) is 10.3. The van der Waals surface area contributed by atoms with Gasteiger partial charge in [-0.15, -0.1) is 12.4 Å². The monoisotopic (exact) mass is 1450 g/mol. The summed E-state index contributed by atoms with van der Waals surface area (Å²) in [6.45, 7) is 8.07. The molecule has 3 amide bonds. The molecule has 0 bridgehead atoms. The average Bonchev–Trinajstić information content (AvgIpc) is 1.59. The van der Waals surface area contributed by atoms with Crippen LogP contribution in [-0.4, -0.2) is 138 Å². The topological polar surface area (TPSA) is 310 Å². The largest absolute Gasteiger partial charge is 0.480 e. The van der Waals surface area contributed by atoms with Crippen LogP contribution in [0.2, 0.25) is 0 Å². The molecule has 6 atom stereocenters. The Morgan fingerprint density at radius 2 is 1.17 bits per heavy atom. The molecule has 15 rings (SSSR count). The van der Waals surface area contributed by atoms with Crippen LogP contribution in [0.15, 0.2) is 94.9 Å². The lowest BCUT2D eigenvalue weighted by molar-refractivity contribution is -0.138. The van der Waals surface area contributed by atoms with Gasteiger partial charge in [0.05, 0.1) is 52.2 Å². The van der Waals surface area contributed by atoms with Crippen LogP contribution < -0.4 is 16.0 Å². The number of carbonyl (C=O) groups excluding carboxylic acids is 5. The van der Waals surface area contributed by atoms with Crippen LogP contribution in [-0.2, 0) is 54.6 Å². The molecule has 0 spiro atoms. The second-order valence-corrected chi connectivity index (χ2v) is 24.3. The number of benzene rings is 2. The molecule has 10 aromatic rings. The molecular formula is C61H63Br2ClN18O7S3. The number of likely N-dealkylation sites (tertiary alicyclic amines) is 1. The number of piperidine rings is 2. The number of nitrogens with one attached hydrogen (secondary N) is 3. The number of ketones is 2. The Balaban J connectivity index is 0.000000177. The molecule has 25 nitrogen and oxygen atoms in total. The summed E-state index contributed by atoms with van der Waals surface area (Å²) in [7, 11) is 0. The molecule has 5 fully saturated rings. The summed E-state index contributed by atoms with van der Waals surface area (Å²) in [4.78, 5) is 102. The molecule has 4 N–H and O–H groups in total. The summed E-state index contributed by atoms with van der Waals surface area (Å²) in [5, 5.41) is 37.0. The zero-order valence-corrected chi connectivity index (χ0v) is 56.0. The normalized spacial score (nSPS) is 18.7. The highest BCUT2D eigenvalue weighted by Gasteiger charge is 2.56. The summed E-state index contributed by atoms with van der Waals surface area (Å²) in [6, 6.07) is 15.0. The van der Waals surface area contributed by atoms with Crippen LogP contribution in [0.1, 0.15) is 109 Å². The first-order valence-corrected chi connectivity index (χ1v) is 31.5. The fourth-order valence-corrected chi connectivity index (χ4v) is 12.1. The van der Waals surface area contributed by atoms with Crippen molar-refractivity contribution in [2.45, 2.75) is 124 Å². The number of aromatic nitrogens is 14. The van der Waals surface area contributed by atoms with Crippen LogP contribution in [0, 0.1) is 32.6 Å². The Bertz CT molecular complexity index is 4550. The number of nitrogens with zero attached hydrogens (tertiary/aromatic N) is 15. The quantitative estimate of drug-likeness (QED) is 0.0782. The highest BCUT2D eigenvalue weighted by Crippen LogP contribution is 2.48. The van der Waals surface area contributed by atoms with Crippen molar-refractivity contribution in [2.75, 3.05) is 10.6 Å². The van der Waals surface area contributed by atoms with Gasteiger partial charge in [-0.05, 0) is 138 Å². The maximum Gasteiger partial charge on any atom is 0.325 e. The fraction of sp³-hybridized carbons (Fsp3) is 0.344. The SMILES string of the molecule is C.CC(=O)c1nn(CC(=O)N2[C@@H]3C[C@@H]3C[C@H]2C(=O)Nc2cnc(C)c(Br)n2)c2ccc(-c3cnc4cc(C5CC5)nn4c3)cc12.CC(=O)c1nn(CC(=O)O)c2ccc(-c3cnc4cc(C)nn4c3)cc12.Cc1ncc(NC(=O)[C@@H]2C[C@H]3C[C@H]3N2)nc1Br.Cl.S.S=S. The van der Waals surface area contributed by atoms with E-state index in [1.807, 2.05) is 81.8 Å². The van der Waals surface area contributed by atoms with Crippen molar-refractivity contribution in [1.82, 2.24) is 78.9 Å². The van der Waals surface area contributed by atoms with Gasteiger partial charge in [-0.3, -0.25) is 48.1 Å². The number of hydrogen-bond donors (Lipinski definition) is 4. The molecule has 8 aromatic heterocycles. The minimum absolute atomic E-state index is 0. The Morgan fingerprint density at radius 3 is 1.68 bits per heavy atom. The molecule has 10 heterocycles. The number of carbonyl (C=O) groups is 6. The third kappa shape index (κ3) is 14.4. The van der Waals surface area contributed by atoms with Gasteiger partial charge in [-0.1, -0.05) is 19.6 Å². The van der Waals surface area contributed by atoms with Crippen LogP contribution in [0.3, 0.4) is 0 Å². The molecule has 3 saturated carbocycles. The predicted molar refractivity (Wildman–Crippen MR) is 364 cm³/mol. The van der Waals surface area contributed by atoms with Crippen LogP contribution in [0.25, 0.3) is 55.4 Å². The highest BCUT2D eigenvalue weighted by molar-refractivity contribution is 9.10.